The Morgan fingerprint density at radius 1 is 0.897 bits per heavy atom. The summed E-state index contributed by atoms with van der Waals surface area (Å²) in [6.07, 6.45) is 11.2. The molecule has 0 N–H and O–H groups in total. The highest BCUT2D eigenvalue weighted by molar-refractivity contribution is 5.89. The van der Waals surface area contributed by atoms with Crippen molar-refractivity contribution in [1.82, 2.24) is 9.80 Å². The van der Waals surface area contributed by atoms with E-state index in [0.717, 1.165) is 29.4 Å². The molecular weight excluding hydrogens is 364 g/mol. The van der Waals surface area contributed by atoms with Crippen LogP contribution in [-0.2, 0) is 28.9 Å². The number of amides is 2. The lowest BCUT2D eigenvalue weighted by Crippen LogP contribution is -2.51. The molecule has 1 saturated carbocycles. The smallest absolute Gasteiger partial charge is 0.227 e. The van der Waals surface area contributed by atoms with Crippen LogP contribution in [0.4, 0.5) is 0 Å². The zero-order valence-corrected chi connectivity index (χ0v) is 17.1. The van der Waals surface area contributed by atoms with Crippen LogP contribution in [0.25, 0.3) is 11.0 Å². The largest absolute Gasteiger partial charge is 0.464 e. The summed E-state index contributed by atoms with van der Waals surface area (Å²) in [5.74, 6) is 0.993. The molecule has 29 heavy (non-hydrogen) atoms. The number of aryl methyl sites for hydroxylation is 2. The predicted molar refractivity (Wildman–Crippen MR) is 112 cm³/mol. The van der Waals surface area contributed by atoms with Crippen LogP contribution in [-0.4, -0.2) is 47.8 Å². The maximum atomic E-state index is 12.9. The van der Waals surface area contributed by atoms with Gasteiger partial charge in [-0.2, -0.15) is 0 Å². The van der Waals surface area contributed by atoms with E-state index in [1.165, 1.54) is 43.2 Å². The van der Waals surface area contributed by atoms with E-state index in [0.29, 0.717) is 44.9 Å². The Morgan fingerprint density at radius 3 is 2.28 bits per heavy atom. The van der Waals surface area contributed by atoms with Crippen molar-refractivity contribution >= 4 is 22.8 Å². The highest BCUT2D eigenvalue weighted by Gasteiger charge is 2.27. The van der Waals surface area contributed by atoms with Gasteiger partial charge in [0.25, 0.3) is 0 Å². The molecule has 5 heteroatoms. The van der Waals surface area contributed by atoms with Crippen LogP contribution in [0.1, 0.15) is 55.2 Å². The Hall–Kier alpha value is -2.30. The zero-order valence-electron chi connectivity index (χ0n) is 17.1. The molecule has 0 unspecified atom stereocenters. The first kappa shape index (κ1) is 18.7. The molecule has 5 rings (SSSR count). The summed E-state index contributed by atoms with van der Waals surface area (Å²) in [7, 11) is 0. The molecule has 0 bridgehead atoms. The standard InChI is InChI=1S/C24H30N2O3/c27-23(12-17-4-1-2-5-17)25-8-10-26(11-9-25)24(28)15-20-16-29-22-14-19-7-3-6-18(19)13-21(20)22/h13-14,16-17H,1-12,15H2. The number of rotatable bonds is 4. The first-order valence-electron chi connectivity index (χ1n) is 11.2. The van der Waals surface area contributed by atoms with Gasteiger partial charge in [-0.05, 0) is 61.3 Å². The van der Waals surface area contributed by atoms with Gasteiger partial charge in [-0.1, -0.05) is 12.8 Å². The molecule has 1 aliphatic heterocycles. The Morgan fingerprint density at radius 2 is 1.55 bits per heavy atom. The van der Waals surface area contributed by atoms with Crippen LogP contribution in [0.5, 0.6) is 0 Å². The molecule has 2 amide bonds. The topological polar surface area (TPSA) is 53.8 Å². The second-order valence-corrected chi connectivity index (χ2v) is 9.02. The average Bonchev–Trinajstić information content (AvgIpc) is 3.48. The number of carbonyl (C=O) groups excluding carboxylic acids is 2. The SMILES string of the molecule is O=C(Cc1coc2cc3c(cc12)CCC3)N1CCN(C(=O)CC2CCCC2)CC1. The lowest BCUT2D eigenvalue weighted by atomic mass is 10.0. The summed E-state index contributed by atoms with van der Waals surface area (Å²) in [5.41, 5.74) is 4.68. The molecule has 0 spiro atoms. The molecular formula is C24H30N2O3. The lowest BCUT2D eigenvalue weighted by Gasteiger charge is -2.35. The first-order chi connectivity index (χ1) is 14.2. The summed E-state index contributed by atoms with van der Waals surface area (Å²) >= 11 is 0. The minimum Gasteiger partial charge on any atom is -0.464 e. The van der Waals surface area contributed by atoms with Crippen molar-refractivity contribution in [2.75, 3.05) is 26.2 Å². The van der Waals surface area contributed by atoms with Crippen molar-refractivity contribution < 1.29 is 14.0 Å². The van der Waals surface area contributed by atoms with Crippen LogP contribution >= 0.6 is 0 Å². The third kappa shape index (κ3) is 3.79. The number of hydrogen-bond donors (Lipinski definition) is 0. The number of piperazine rings is 1. The zero-order chi connectivity index (χ0) is 19.8. The van der Waals surface area contributed by atoms with Gasteiger partial charge in [-0.25, -0.2) is 0 Å². The first-order valence-corrected chi connectivity index (χ1v) is 11.2. The van der Waals surface area contributed by atoms with Crippen molar-refractivity contribution in [2.24, 2.45) is 5.92 Å². The van der Waals surface area contributed by atoms with Crippen LogP contribution < -0.4 is 0 Å². The molecule has 2 fully saturated rings. The second kappa shape index (κ2) is 7.85. The number of fused-ring (bicyclic) bond motifs is 2. The van der Waals surface area contributed by atoms with Gasteiger partial charge in [-0.3, -0.25) is 9.59 Å². The summed E-state index contributed by atoms with van der Waals surface area (Å²) in [5, 5.41) is 1.09. The van der Waals surface area contributed by atoms with Crippen molar-refractivity contribution in [2.45, 2.75) is 57.8 Å². The Kier molecular flexibility index (Phi) is 5.06. The fourth-order valence-corrected chi connectivity index (χ4v) is 5.36. The highest BCUT2D eigenvalue weighted by atomic mass is 16.3. The molecule has 2 aromatic rings. The summed E-state index contributed by atoms with van der Waals surface area (Å²) in [4.78, 5) is 29.3. The fourth-order valence-electron chi connectivity index (χ4n) is 5.36. The molecule has 0 atom stereocenters. The number of carbonyl (C=O) groups is 2. The highest BCUT2D eigenvalue weighted by Crippen LogP contribution is 2.31. The van der Waals surface area contributed by atoms with E-state index >= 15 is 0 Å². The molecule has 1 saturated heterocycles. The molecule has 154 valence electrons. The second-order valence-electron chi connectivity index (χ2n) is 9.02. The average molecular weight is 395 g/mol. The maximum Gasteiger partial charge on any atom is 0.227 e. The van der Waals surface area contributed by atoms with E-state index in [4.69, 9.17) is 4.42 Å². The van der Waals surface area contributed by atoms with E-state index in [1.807, 2.05) is 9.80 Å². The minimum atomic E-state index is 0.135. The van der Waals surface area contributed by atoms with Gasteiger partial charge < -0.3 is 14.2 Å². The van der Waals surface area contributed by atoms with E-state index in [1.54, 1.807) is 6.26 Å². The Balaban J connectivity index is 1.18. The molecule has 2 aliphatic carbocycles. The number of benzene rings is 1. The summed E-state index contributed by atoms with van der Waals surface area (Å²) in [6, 6.07) is 4.38. The van der Waals surface area contributed by atoms with E-state index in [-0.39, 0.29) is 11.8 Å². The lowest BCUT2D eigenvalue weighted by molar-refractivity contribution is -0.139. The quantitative estimate of drug-likeness (QED) is 0.794. The van der Waals surface area contributed by atoms with Gasteiger partial charge in [0, 0.05) is 43.5 Å². The van der Waals surface area contributed by atoms with Crippen LogP contribution in [0.3, 0.4) is 0 Å². The molecule has 5 nitrogen and oxygen atoms in total. The van der Waals surface area contributed by atoms with Gasteiger partial charge in [0.05, 0.1) is 12.7 Å². The third-order valence-corrected chi connectivity index (χ3v) is 7.13. The summed E-state index contributed by atoms with van der Waals surface area (Å²) in [6.45, 7) is 2.61. The fraction of sp³-hybridized carbons (Fsp3) is 0.583. The van der Waals surface area contributed by atoms with Gasteiger partial charge in [-0.15, -0.1) is 0 Å². The van der Waals surface area contributed by atoms with Gasteiger partial charge in [0.2, 0.25) is 11.8 Å². The molecule has 1 aromatic carbocycles. The van der Waals surface area contributed by atoms with Gasteiger partial charge in [0.1, 0.15) is 5.58 Å². The van der Waals surface area contributed by atoms with Gasteiger partial charge in [0.15, 0.2) is 0 Å². The van der Waals surface area contributed by atoms with E-state index in [2.05, 4.69) is 12.1 Å². The maximum absolute atomic E-state index is 12.9. The van der Waals surface area contributed by atoms with E-state index in [9.17, 15) is 9.59 Å². The van der Waals surface area contributed by atoms with Crippen LogP contribution in [0.15, 0.2) is 22.8 Å². The monoisotopic (exact) mass is 394 g/mol. The van der Waals surface area contributed by atoms with E-state index < -0.39 is 0 Å². The molecule has 0 radical (unpaired) electrons. The van der Waals surface area contributed by atoms with Crippen molar-refractivity contribution in [3.8, 4) is 0 Å². The van der Waals surface area contributed by atoms with Crippen LogP contribution in [0.2, 0.25) is 0 Å². The molecule has 1 aromatic heterocycles. The van der Waals surface area contributed by atoms with Crippen molar-refractivity contribution in [3.05, 3.63) is 35.1 Å². The van der Waals surface area contributed by atoms with Crippen molar-refractivity contribution in [3.63, 3.8) is 0 Å². The Bertz CT molecular complexity index is 918. The third-order valence-electron chi connectivity index (χ3n) is 7.13. The summed E-state index contributed by atoms with van der Waals surface area (Å²) < 4.78 is 5.75. The molecule has 2 heterocycles. The number of hydrogen-bond acceptors (Lipinski definition) is 3. The molecule has 3 aliphatic rings. The Labute approximate surface area is 172 Å². The minimum absolute atomic E-state index is 0.135. The van der Waals surface area contributed by atoms with Crippen molar-refractivity contribution in [1.29, 1.82) is 0 Å². The number of nitrogens with zero attached hydrogens (tertiary/aromatic N) is 2. The predicted octanol–water partition coefficient (Wildman–Crippen LogP) is 3.72. The number of furan rings is 1. The normalized spacial score (nSPS) is 19.9. The van der Waals surface area contributed by atoms with Gasteiger partial charge >= 0.3 is 0 Å². The van der Waals surface area contributed by atoms with Crippen LogP contribution in [0, 0.1) is 5.92 Å².